The monoisotopic (exact) mass is 399 g/mol. The molecule has 0 N–H and O–H groups in total. The SMILES string of the molecule is C#CCn1c(-c2ccccc2C=O)c(C2CCCCC2)c2ccc(C(=O)OC)cc21. The topological polar surface area (TPSA) is 48.3 Å². The van der Waals surface area contributed by atoms with E-state index in [1.54, 1.807) is 0 Å². The predicted octanol–water partition coefficient (Wildman–Crippen LogP) is 5.59. The summed E-state index contributed by atoms with van der Waals surface area (Å²) in [4.78, 5) is 24.0. The first kappa shape index (κ1) is 20.0. The van der Waals surface area contributed by atoms with E-state index in [9.17, 15) is 9.59 Å². The zero-order valence-electron chi connectivity index (χ0n) is 17.2. The summed E-state index contributed by atoms with van der Waals surface area (Å²) in [5.74, 6) is 2.79. The highest BCUT2D eigenvalue weighted by Gasteiger charge is 2.27. The van der Waals surface area contributed by atoms with Crippen LogP contribution in [0.3, 0.4) is 0 Å². The van der Waals surface area contributed by atoms with E-state index in [2.05, 4.69) is 10.5 Å². The van der Waals surface area contributed by atoms with E-state index in [1.807, 2.05) is 42.5 Å². The van der Waals surface area contributed by atoms with Gasteiger partial charge in [-0.25, -0.2) is 4.79 Å². The van der Waals surface area contributed by atoms with Crippen LogP contribution in [0.25, 0.3) is 22.2 Å². The molecule has 4 heteroatoms. The van der Waals surface area contributed by atoms with E-state index in [-0.39, 0.29) is 5.97 Å². The van der Waals surface area contributed by atoms with Crippen molar-refractivity contribution in [2.45, 2.75) is 44.6 Å². The maximum atomic E-state index is 12.2. The van der Waals surface area contributed by atoms with E-state index in [1.165, 1.54) is 31.9 Å². The number of carbonyl (C=O) groups excluding carboxylic acids is 2. The third kappa shape index (κ3) is 3.41. The molecule has 0 aliphatic heterocycles. The number of carbonyl (C=O) groups is 2. The molecule has 1 heterocycles. The Morgan fingerprint density at radius 1 is 1.20 bits per heavy atom. The summed E-state index contributed by atoms with van der Waals surface area (Å²) in [5.41, 5.74) is 5.17. The number of methoxy groups -OCH3 is 1. The van der Waals surface area contributed by atoms with Crippen LogP contribution in [-0.4, -0.2) is 23.9 Å². The highest BCUT2D eigenvalue weighted by atomic mass is 16.5. The number of hydrogen-bond donors (Lipinski definition) is 0. The number of nitrogens with zero attached hydrogens (tertiary/aromatic N) is 1. The van der Waals surface area contributed by atoms with Gasteiger partial charge in [0.25, 0.3) is 0 Å². The summed E-state index contributed by atoms with van der Waals surface area (Å²) in [7, 11) is 1.38. The maximum absolute atomic E-state index is 12.2. The average molecular weight is 399 g/mol. The number of aldehydes is 1. The van der Waals surface area contributed by atoms with Gasteiger partial charge in [0.2, 0.25) is 0 Å². The fourth-order valence-electron chi connectivity index (χ4n) is 4.79. The zero-order chi connectivity index (χ0) is 21.1. The standard InChI is InChI=1S/C26H25NO3/c1-3-15-27-23-16-19(26(29)30-2)13-14-22(23)24(18-9-5-4-6-10-18)25(27)21-12-8-7-11-20(21)17-28/h1,7-8,11-14,16-18H,4-6,9-10,15H2,2H3. The van der Waals surface area contributed by atoms with Gasteiger partial charge in [0, 0.05) is 16.5 Å². The Morgan fingerprint density at radius 3 is 2.67 bits per heavy atom. The Kier molecular flexibility index (Phi) is 5.72. The van der Waals surface area contributed by atoms with Gasteiger partial charge in [-0.1, -0.05) is 55.5 Å². The van der Waals surface area contributed by atoms with Crippen LogP contribution >= 0.6 is 0 Å². The predicted molar refractivity (Wildman–Crippen MR) is 119 cm³/mol. The molecule has 0 atom stereocenters. The van der Waals surface area contributed by atoms with Crippen LogP contribution in [0.2, 0.25) is 0 Å². The molecule has 1 fully saturated rings. The third-order valence-electron chi connectivity index (χ3n) is 6.13. The van der Waals surface area contributed by atoms with Crippen LogP contribution in [0.5, 0.6) is 0 Å². The Morgan fingerprint density at radius 2 is 1.97 bits per heavy atom. The van der Waals surface area contributed by atoms with Crippen molar-refractivity contribution < 1.29 is 14.3 Å². The Labute approximate surface area is 176 Å². The van der Waals surface area contributed by atoms with Gasteiger partial charge < -0.3 is 9.30 Å². The number of aromatic nitrogens is 1. The minimum atomic E-state index is -0.376. The van der Waals surface area contributed by atoms with E-state index in [0.29, 0.717) is 23.6 Å². The summed E-state index contributed by atoms with van der Waals surface area (Å²) < 4.78 is 7.00. The second-order valence-corrected chi connectivity index (χ2v) is 7.82. The second kappa shape index (κ2) is 8.59. The van der Waals surface area contributed by atoms with Gasteiger partial charge in [0.15, 0.2) is 6.29 Å². The fraction of sp³-hybridized carbons (Fsp3) is 0.308. The lowest BCUT2D eigenvalue weighted by molar-refractivity contribution is 0.0601. The van der Waals surface area contributed by atoms with E-state index in [4.69, 9.17) is 11.2 Å². The lowest BCUT2D eigenvalue weighted by Crippen LogP contribution is -2.08. The molecule has 0 saturated heterocycles. The number of rotatable bonds is 5. The van der Waals surface area contributed by atoms with Gasteiger partial charge in [-0.05, 0) is 36.5 Å². The van der Waals surface area contributed by atoms with Gasteiger partial charge in [-0.15, -0.1) is 6.42 Å². The van der Waals surface area contributed by atoms with Gasteiger partial charge in [-0.2, -0.15) is 0 Å². The van der Waals surface area contributed by atoms with Crippen LogP contribution < -0.4 is 0 Å². The van der Waals surface area contributed by atoms with Crippen molar-refractivity contribution in [3.05, 3.63) is 59.2 Å². The molecule has 0 amide bonds. The fourth-order valence-corrected chi connectivity index (χ4v) is 4.79. The smallest absolute Gasteiger partial charge is 0.337 e. The van der Waals surface area contributed by atoms with Crippen LogP contribution in [0, 0.1) is 12.3 Å². The molecule has 0 radical (unpaired) electrons. The summed E-state index contributed by atoms with van der Waals surface area (Å²) >= 11 is 0. The molecule has 4 nitrogen and oxygen atoms in total. The molecule has 2 aromatic carbocycles. The van der Waals surface area contributed by atoms with Gasteiger partial charge >= 0.3 is 5.97 Å². The highest BCUT2D eigenvalue weighted by molar-refractivity contribution is 6.00. The molecule has 1 aromatic heterocycles. The van der Waals surface area contributed by atoms with Crippen molar-refractivity contribution in [3.63, 3.8) is 0 Å². The number of fused-ring (bicyclic) bond motifs is 1. The lowest BCUT2D eigenvalue weighted by Gasteiger charge is -2.24. The number of benzene rings is 2. The van der Waals surface area contributed by atoms with Crippen LogP contribution in [-0.2, 0) is 11.3 Å². The van der Waals surface area contributed by atoms with E-state index in [0.717, 1.165) is 41.3 Å². The molecule has 3 aromatic rings. The second-order valence-electron chi connectivity index (χ2n) is 7.82. The van der Waals surface area contributed by atoms with Crippen molar-refractivity contribution in [1.82, 2.24) is 4.57 Å². The van der Waals surface area contributed by atoms with E-state index >= 15 is 0 Å². The van der Waals surface area contributed by atoms with Gasteiger partial charge in [0.05, 0.1) is 30.4 Å². The number of esters is 1. The quantitative estimate of drug-likeness (QED) is 0.319. The van der Waals surface area contributed by atoms with Gasteiger partial charge in [-0.3, -0.25) is 4.79 Å². The van der Waals surface area contributed by atoms with Crippen LogP contribution in [0.1, 0.15) is 64.3 Å². The number of ether oxygens (including phenoxy) is 1. The van der Waals surface area contributed by atoms with Crippen LogP contribution in [0.4, 0.5) is 0 Å². The summed E-state index contributed by atoms with van der Waals surface area (Å²) in [6.45, 7) is 0.358. The van der Waals surface area contributed by atoms with Crippen molar-refractivity contribution in [1.29, 1.82) is 0 Å². The summed E-state index contributed by atoms with van der Waals surface area (Å²) in [5, 5.41) is 1.10. The largest absolute Gasteiger partial charge is 0.465 e. The van der Waals surface area contributed by atoms with Crippen LogP contribution in [0.15, 0.2) is 42.5 Å². The molecule has 4 rings (SSSR count). The first-order valence-corrected chi connectivity index (χ1v) is 10.4. The third-order valence-corrected chi connectivity index (χ3v) is 6.13. The minimum Gasteiger partial charge on any atom is -0.465 e. The normalized spacial score (nSPS) is 14.4. The van der Waals surface area contributed by atoms with Crippen molar-refractivity contribution >= 4 is 23.2 Å². The zero-order valence-corrected chi connectivity index (χ0v) is 17.2. The molecular weight excluding hydrogens is 374 g/mol. The van der Waals surface area contributed by atoms with Gasteiger partial charge in [0.1, 0.15) is 0 Å². The highest BCUT2D eigenvalue weighted by Crippen LogP contribution is 2.44. The molecule has 1 saturated carbocycles. The van der Waals surface area contributed by atoms with Crippen molar-refractivity contribution in [2.75, 3.05) is 7.11 Å². The number of hydrogen-bond acceptors (Lipinski definition) is 3. The lowest BCUT2D eigenvalue weighted by atomic mass is 9.81. The minimum absolute atomic E-state index is 0.358. The Bertz CT molecular complexity index is 1140. The molecule has 0 unspecified atom stereocenters. The molecule has 30 heavy (non-hydrogen) atoms. The molecule has 0 bridgehead atoms. The molecule has 1 aliphatic carbocycles. The molecular formula is C26H25NO3. The average Bonchev–Trinajstić information content (AvgIpc) is 3.12. The summed E-state index contributed by atoms with van der Waals surface area (Å²) in [6, 6.07) is 13.3. The Balaban J connectivity index is 2.08. The van der Waals surface area contributed by atoms with Crippen molar-refractivity contribution in [2.24, 2.45) is 0 Å². The maximum Gasteiger partial charge on any atom is 0.337 e. The van der Waals surface area contributed by atoms with Crippen molar-refractivity contribution in [3.8, 4) is 23.6 Å². The first-order valence-electron chi connectivity index (χ1n) is 10.4. The molecule has 1 aliphatic rings. The Hall–Kier alpha value is -3.32. The number of terminal acetylenes is 1. The first-order chi connectivity index (χ1) is 14.7. The van der Waals surface area contributed by atoms with E-state index < -0.39 is 0 Å². The summed E-state index contributed by atoms with van der Waals surface area (Å²) in [6.07, 6.45) is 12.5. The molecule has 0 spiro atoms. The molecule has 152 valence electrons.